The standard InChI is InChI=1S/C23H28N4O5S/c1-3-19-23(29)26-18-10-15(2)21(11-20(18)32-19)33(30,31)27-9-5-7-17(14-27)22(28)25-13-16-6-4-8-24-12-16/h4,6,8,10-12,17,19H,3,5,7,9,13-14H2,1-2H3,(H,25,28)(H,26,29)/t17-,19-/m1/s1. The quantitative estimate of drug-likeness (QED) is 0.666. The van der Waals surface area contributed by atoms with Crippen molar-refractivity contribution in [3.05, 3.63) is 47.8 Å². The Bertz CT molecular complexity index is 1150. The Hall–Kier alpha value is -2.98. The third-order valence-corrected chi connectivity index (χ3v) is 8.04. The molecule has 1 aromatic carbocycles. The summed E-state index contributed by atoms with van der Waals surface area (Å²) < 4.78 is 34.1. The first-order valence-corrected chi connectivity index (χ1v) is 12.5. The number of aryl methyl sites for hydroxylation is 1. The number of pyridine rings is 1. The van der Waals surface area contributed by atoms with Crippen LogP contribution in [0.1, 0.15) is 37.3 Å². The summed E-state index contributed by atoms with van der Waals surface area (Å²) in [5.74, 6) is -0.495. The fourth-order valence-corrected chi connectivity index (χ4v) is 5.93. The lowest BCUT2D eigenvalue weighted by molar-refractivity contribution is -0.126. The van der Waals surface area contributed by atoms with Gasteiger partial charge in [-0.15, -0.1) is 0 Å². The minimum absolute atomic E-state index is 0.118. The lowest BCUT2D eigenvalue weighted by Crippen LogP contribution is -2.45. The molecule has 2 aromatic rings. The van der Waals surface area contributed by atoms with Gasteiger partial charge < -0.3 is 15.4 Å². The van der Waals surface area contributed by atoms with Gasteiger partial charge in [0, 0.05) is 38.1 Å². The maximum Gasteiger partial charge on any atom is 0.265 e. The number of carbonyl (C=O) groups excluding carboxylic acids is 2. The highest BCUT2D eigenvalue weighted by Crippen LogP contribution is 2.36. The fraction of sp³-hybridized carbons (Fsp3) is 0.435. The molecule has 0 aliphatic carbocycles. The number of nitrogens with zero attached hydrogens (tertiary/aromatic N) is 2. The zero-order chi connectivity index (χ0) is 23.6. The van der Waals surface area contributed by atoms with E-state index in [0.717, 1.165) is 5.56 Å². The van der Waals surface area contributed by atoms with Crippen molar-refractivity contribution in [1.29, 1.82) is 0 Å². The summed E-state index contributed by atoms with van der Waals surface area (Å²) in [5, 5.41) is 5.67. The molecule has 0 bridgehead atoms. The number of fused-ring (bicyclic) bond motifs is 1. The topological polar surface area (TPSA) is 118 Å². The molecular weight excluding hydrogens is 444 g/mol. The largest absolute Gasteiger partial charge is 0.478 e. The smallest absolute Gasteiger partial charge is 0.265 e. The highest BCUT2D eigenvalue weighted by atomic mass is 32.2. The monoisotopic (exact) mass is 472 g/mol. The number of piperidine rings is 1. The summed E-state index contributed by atoms with van der Waals surface area (Å²) >= 11 is 0. The van der Waals surface area contributed by atoms with Gasteiger partial charge >= 0.3 is 0 Å². The Labute approximate surface area is 193 Å². The summed E-state index contributed by atoms with van der Waals surface area (Å²) in [7, 11) is -3.85. The Morgan fingerprint density at radius 1 is 1.36 bits per heavy atom. The van der Waals surface area contributed by atoms with E-state index in [9.17, 15) is 18.0 Å². The van der Waals surface area contributed by atoms with Gasteiger partial charge in [-0.3, -0.25) is 14.6 Å². The first-order chi connectivity index (χ1) is 15.8. The minimum atomic E-state index is -3.85. The van der Waals surface area contributed by atoms with Crippen LogP contribution in [0.5, 0.6) is 5.75 Å². The summed E-state index contributed by atoms with van der Waals surface area (Å²) in [6, 6.07) is 6.77. The van der Waals surface area contributed by atoms with Crippen molar-refractivity contribution in [3.63, 3.8) is 0 Å². The molecule has 1 saturated heterocycles. The molecule has 2 N–H and O–H groups in total. The van der Waals surface area contributed by atoms with E-state index in [1.165, 1.54) is 10.4 Å². The van der Waals surface area contributed by atoms with Crippen LogP contribution in [0.25, 0.3) is 0 Å². The van der Waals surface area contributed by atoms with Crippen LogP contribution in [0.3, 0.4) is 0 Å². The van der Waals surface area contributed by atoms with E-state index in [0.29, 0.717) is 49.4 Å². The second kappa shape index (κ2) is 9.48. The minimum Gasteiger partial charge on any atom is -0.478 e. The van der Waals surface area contributed by atoms with Gasteiger partial charge in [-0.2, -0.15) is 4.31 Å². The summed E-state index contributed by atoms with van der Waals surface area (Å²) in [4.78, 5) is 29.0. The highest BCUT2D eigenvalue weighted by molar-refractivity contribution is 7.89. The summed E-state index contributed by atoms with van der Waals surface area (Å²) in [5.41, 5.74) is 1.86. The molecule has 1 aromatic heterocycles. The van der Waals surface area contributed by atoms with Crippen LogP contribution in [0, 0.1) is 12.8 Å². The second-order valence-electron chi connectivity index (χ2n) is 8.40. The number of rotatable bonds is 6. The molecule has 2 amide bonds. The number of ether oxygens (including phenoxy) is 1. The van der Waals surface area contributed by atoms with Gasteiger partial charge in [0.25, 0.3) is 5.91 Å². The van der Waals surface area contributed by atoms with Gasteiger partial charge in [0.2, 0.25) is 15.9 Å². The molecule has 2 aliphatic heterocycles. The van der Waals surface area contributed by atoms with Crippen LogP contribution in [0.2, 0.25) is 0 Å². The van der Waals surface area contributed by atoms with Crippen molar-refractivity contribution in [1.82, 2.24) is 14.6 Å². The van der Waals surface area contributed by atoms with E-state index in [1.54, 1.807) is 31.5 Å². The van der Waals surface area contributed by atoms with Gasteiger partial charge in [-0.05, 0) is 49.4 Å². The molecule has 0 spiro atoms. The molecule has 9 nitrogen and oxygen atoms in total. The molecule has 2 atom stereocenters. The third-order valence-electron chi connectivity index (χ3n) is 6.03. The molecule has 2 aliphatic rings. The number of hydrogen-bond donors (Lipinski definition) is 2. The first kappa shape index (κ1) is 23.2. The maximum atomic E-state index is 13.5. The number of amides is 2. The molecule has 176 valence electrons. The molecule has 4 rings (SSSR count). The van der Waals surface area contributed by atoms with Crippen molar-refractivity contribution in [2.45, 2.75) is 50.7 Å². The van der Waals surface area contributed by atoms with Gasteiger partial charge in [-0.1, -0.05) is 13.0 Å². The van der Waals surface area contributed by atoms with Crippen LogP contribution in [-0.4, -0.2) is 48.7 Å². The van der Waals surface area contributed by atoms with Crippen molar-refractivity contribution in [2.24, 2.45) is 5.92 Å². The molecule has 10 heteroatoms. The van der Waals surface area contributed by atoms with E-state index in [-0.39, 0.29) is 23.3 Å². The number of sulfonamides is 1. The SMILES string of the molecule is CC[C@H]1Oc2cc(S(=O)(=O)N3CCC[C@@H](C(=O)NCc4cccnc4)C3)c(C)cc2NC1=O. The number of aromatic nitrogens is 1. The lowest BCUT2D eigenvalue weighted by atomic mass is 9.99. The molecule has 3 heterocycles. The Morgan fingerprint density at radius 2 is 2.18 bits per heavy atom. The third kappa shape index (κ3) is 4.86. The average Bonchev–Trinajstić information content (AvgIpc) is 2.82. The van der Waals surface area contributed by atoms with Crippen LogP contribution in [-0.2, 0) is 26.2 Å². The van der Waals surface area contributed by atoms with Crippen molar-refractivity contribution in [3.8, 4) is 5.75 Å². The van der Waals surface area contributed by atoms with Gasteiger partial charge in [-0.25, -0.2) is 8.42 Å². The second-order valence-corrected chi connectivity index (χ2v) is 10.3. The van der Waals surface area contributed by atoms with Crippen molar-refractivity contribution < 1.29 is 22.7 Å². The van der Waals surface area contributed by atoms with Crippen LogP contribution < -0.4 is 15.4 Å². The van der Waals surface area contributed by atoms with Gasteiger partial charge in [0.1, 0.15) is 5.75 Å². The zero-order valence-electron chi connectivity index (χ0n) is 18.7. The molecule has 1 fully saturated rings. The van der Waals surface area contributed by atoms with Crippen LogP contribution in [0.4, 0.5) is 5.69 Å². The Morgan fingerprint density at radius 3 is 2.91 bits per heavy atom. The van der Waals surface area contributed by atoms with Crippen molar-refractivity contribution >= 4 is 27.5 Å². The van der Waals surface area contributed by atoms with E-state index in [4.69, 9.17) is 4.74 Å². The lowest BCUT2D eigenvalue weighted by Gasteiger charge is -2.32. The van der Waals surface area contributed by atoms with E-state index >= 15 is 0 Å². The predicted octanol–water partition coefficient (Wildman–Crippen LogP) is 2.22. The predicted molar refractivity (Wildman–Crippen MR) is 122 cm³/mol. The first-order valence-electron chi connectivity index (χ1n) is 11.1. The zero-order valence-corrected chi connectivity index (χ0v) is 19.5. The van der Waals surface area contributed by atoms with E-state index in [2.05, 4.69) is 15.6 Å². The average molecular weight is 473 g/mol. The summed E-state index contributed by atoms with van der Waals surface area (Å²) in [6.45, 7) is 4.33. The Balaban J connectivity index is 1.50. The number of anilines is 1. The molecule has 0 unspecified atom stereocenters. The van der Waals surface area contributed by atoms with Gasteiger partial charge in [0.15, 0.2) is 6.10 Å². The van der Waals surface area contributed by atoms with Gasteiger partial charge in [0.05, 0.1) is 16.5 Å². The van der Waals surface area contributed by atoms with E-state index in [1.807, 2.05) is 13.0 Å². The fourth-order valence-electron chi connectivity index (χ4n) is 4.18. The normalized spacial score (nSPS) is 21.0. The van der Waals surface area contributed by atoms with Crippen LogP contribution >= 0.6 is 0 Å². The molecular formula is C23H28N4O5S. The maximum absolute atomic E-state index is 13.5. The highest BCUT2D eigenvalue weighted by Gasteiger charge is 2.35. The molecule has 33 heavy (non-hydrogen) atoms. The van der Waals surface area contributed by atoms with Crippen LogP contribution in [0.15, 0.2) is 41.6 Å². The number of nitrogens with one attached hydrogen (secondary N) is 2. The number of carbonyl (C=O) groups is 2. The Kier molecular flexibility index (Phi) is 6.66. The number of benzene rings is 1. The summed E-state index contributed by atoms with van der Waals surface area (Å²) in [6.07, 6.45) is 4.39. The van der Waals surface area contributed by atoms with Crippen molar-refractivity contribution in [2.75, 3.05) is 18.4 Å². The molecule has 0 radical (unpaired) electrons. The number of hydrogen-bond acceptors (Lipinski definition) is 6. The van der Waals surface area contributed by atoms with E-state index < -0.39 is 22.0 Å². The molecule has 0 saturated carbocycles.